The highest BCUT2D eigenvalue weighted by molar-refractivity contribution is 7.11. The molecule has 170 valence electrons. The average Bonchev–Trinajstić information content (AvgIpc) is 3.44. The Bertz CT molecular complexity index is 1120. The summed E-state index contributed by atoms with van der Waals surface area (Å²) < 4.78 is 0. The predicted molar refractivity (Wildman–Crippen MR) is 135 cm³/mol. The summed E-state index contributed by atoms with van der Waals surface area (Å²) in [6.07, 6.45) is 3.47. The van der Waals surface area contributed by atoms with Gasteiger partial charge < -0.3 is 10.0 Å². The van der Waals surface area contributed by atoms with Crippen LogP contribution in [0.2, 0.25) is 0 Å². The molecule has 2 aliphatic rings. The van der Waals surface area contributed by atoms with E-state index in [-0.39, 0.29) is 5.76 Å². The van der Waals surface area contributed by atoms with Crippen molar-refractivity contribution in [1.29, 1.82) is 5.41 Å². The van der Waals surface area contributed by atoms with E-state index >= 15 is 0 Å². The topological polar surface area (TPSA) is 63.5 Å². The van der Waals surface area contributed by atoms with Gasteiger partial charge >= 0.3 is 0 Å². The summed E-state index contributed by atoms with van der Waals surface area (Å²) in [4.78, 5) is 9.27. The molecule has 0 atom stereocenters. The quantitative estimate of drug-likeness (QED) is 0.478. The van der Waals surface area contributed by atoms with Gasteiger partial charge in [-0.05, 0) is 43.8 Å². The molecule has 0 bridgehead atoms. The molecule has 0 aliphatic carbocycles. The maximum atomic E-state index is 10.6. The number of nitrogens with zero attached hydrogens (tertiary/aromatic N) is 3. The van der Waals surface area contributed by atoms with Crippen LogP contribution in [0.15, 0.2) is 71.8 Å². The van der Waals surface area contributed by atoms with Gasteiger partial charge in [-0.2, -0.15) is 0 Å². The molecule has 0 spiro atoms. The minimum atomic E-state index is 0.270. The van der Waals surface area contributed by atoms with E-state index in [4.69, 9.17) is 10.4 Å². The molecule has 0 saturated carbocycles. The number of rotatable bonds is 7. The largest absolute Gasteiger partial charge is 0.510 e. The number of thiazole rings is 1. The molecular weight excluding hydrogens is 428 g/mol. The minimum Gasteiger partial charge on any atom is -0.510 e. The van der Waals surface area contributed by atoms with Crippen LogP contribution in [-0.2, 0) is 6.54 Å². The van der Waals surface area contributed by atoms with Gasteiger partial charge in [0.1, 0.15) is 16.6 Å². The SMILES string of the molecule is N=C1C(c2nc(-c3ccccc3)cs2)=C(O)CN1CCC1CCN(Cc2ccccc2)CC1. The van der Waals surface area contributed by atoms with Crippen LogP contribution in [0.3, 0.4) is 0 Å². The summed E-state index contributed by atoms with van der Waals surface area (Å²) in [5, 5.41) is 22.1. The predicted octanol–water partition coefficient (Wildman–Crippen LogP) is 5.67. The standard InChI is InChI=1S/C27H30N4OS/c28-26-25(27-29-23(19-33-27)22-9-5-2-6-10-22)24(32)18-31(26)16-13-20-11-14-30(15-12-20)17-21-7-3-1-4-8-21/h1-10,19-20,28,32H,11-18H2. The third-order valence-corrected chi connectivity index (χ3v) is 7.59. The number of nitrogens with one attached hydrogen (secondary N) is 1. The van der Waals surface area contributed by atoms with Crippen molar-refractivity contribution in [3.63, 3.8) is 0 Å². The first-order chi connectivity index (χ1) is 16.2. The minimum absolute atomic E-state index is 0.270. The maximum Gasteiger partial charge on any atom is 0.135 e. The van der Waals surface area contributed by atoms with Crippen LogP contribution in [0.25, 0.3) is 16.8 Å². The fraction of sp³-hybridized carbons (Fsp3) is 0.333. The first kappa shape index (κ1) is 21.9. The van der Waals surface area contributed by atoms with E-state index in [0.29, 0.717) is 23.9 Å². The highest BCUT2D eigenvalue weighted by Crippen LogP contribution is 2.33. The summed E-state index contributed by atoms with van der Waals surface area (Å²) in [6.45, 7) is 4.53. The normalized spacial score (nSPS) is 17.8. The summed E-state index contributed by atoms with van der Waals surface area (Å²) in [7, 11) is 0. The lowest BCUT2D eigenvalue weighted by molar-refractivity contribution is 0.167. The van der Waals surface area contributed by atoms with Crippen LogP contribution in [0.4, 0.5) is 0 Å². The van der Waals surface area contributed by atoms with E-state index in [0.717, 1.165) is 48.9 Å². The maximum absolute atomic E-state index is 10.6. The molecule has 1 fully saturated rings. The molecule has 1 saturated heterocycles. The monoisotopic (exact) mass is 458 g/mol. The zero-order valence-corrected chi connectivity index (χ0v) is 19.6. The number of aromatic nitrogens is 1. The van der Waals surface area contributed by atoms with Gasteiger partial charge in [0, 0.05) is 24.0 Å². The van der Waals surface area contributed by atoms with Gasteiger partial charge in [-0.1, -0.05) is 60.7 Å². The fourth-order valence-corrected chi connectivity index (χ4v) is 5.69. The molecule has 2 N–H and O–H groups in total. The summed E-state index contributed by atoms with van der Waals surface area (Å²) in [5.41, 5.74) is 3.93. The van der Waals surface area contributed by atoms with E-state index in [2.05, 4.69) is 35.2 Å². The molecule has 3 aromatic rings. The average molecular weight is 459 g/mol. The number of piperidine rings is 1. The van der Waals surface area contributed by atoms with E-state index in [9.17, 15) is 5.11 Å². The van der Waals surface area contributed by atoms with Crippen molar-refractivity contribution in [3.05, 3.63) is 82.4 Å². The number of likely N-dealkylation sites (tertiary alicyclic amines) is 1. The molecule has 5 nitrogen and oxygen atoms in total. The van der Waals surface area contributed by atoms with Crippen molar-refractivity contribution in [3.8, 4) is 11.3 Å². The number of benzene rings is 2. The van der Waals surface area contributed by atoms with Crippen LogP contribution in [0.5, 0.6) is 0 Å². The van der Waals surface area contributed by atoms with Gasteiger partial charge in [0.05, 0.1) is 17.8 Å². The Hall–Kier alpha value is -2.96. The molecule has 33 heavy (non-hydrogen) atoms. The third-order valence-electron chi connectivity index (χ3n) is 6.73. The molecular formula is C27H30N4OS. The number of amidine groups is 1. The number of hydrogen-bond acceptors (Lipinski definition) is 5. The summed E-state index contributed by atoms with van der Waals surface area (Å²) in [5.74, 6) is 1.36. The van der Waals surface area contributed by atoms with Crippen LogP contribution in [0.1, 0.15) is 29.8 Å². The second kappa shape index (κ2) is 9.89. The number of aliphatic hydroxyl groups is 1. The Labute approximate surface area is 199 Å². The third kappa shape index (κ3) is 5.02. The van der Waals surface area contributed by atoms with Crippen LogP contribution >= 0.6 is 11.3 Å². The Kier molecular flexibility index (Phi) is 6.55. The smallest absolute Gasteiger partial charge is 0.135 e. The number of aliphatic hydroxyl groups excluding tert-OH is 1. The molecule has 3 heterocycles. The Morgan fingerprint density at radius 2 is 1.70 bits per heavy atom. The van der Waals surface area contributed by atoms with Gasteiger partial charge in [0.2, 0.25) is 0 Å². The first-order valence-electron chi connectivity index (χ1n) is 11.7. The molecule has 0 unspecified atom stereocenters. The lowest BCUT2D eigenvalue weighted by atomic mass is 9.93. The van der Waals surface area contributed by atoms with E-state index in [1.807, 2.05) is 40.6 Å². The van der Waals surface area contributed by atoms with Crippen LogP contribution < -0.4 is 0 Å². The molecule has 2 aromatic carbocycles. The molecule has 0 radical (unpaired) electrons. The summed E-state index contributed by atoms with van der Waals surface area (Å²) >= 11 is 1.50. The van der Waals surface area contributed by atoms with Crippen LogP contribution in [-0.4, -0.2) is 51.9 Å². The molecule has 1 aromatic heterocycles. The molecule has 5 rings (SSSR count). The van der Waals surface area contributed by atoms with Gasteiger partial charge in [0.25, 0.3) is 0 Å². The van der Waals surface area contributed by atoms with Crippen molar-refractivity contribution in [2.75, 3.05) is 26.2 Å². The van der Waals surface area contributed by atoms with Gasteiger partial charge in [-0.3, -0.25) is 10.3 Å². The molecule has 0 amide bonds. The van der Waals surface area contributed by atoms with E-state index < -0.39 is 0 Å². The molecule has 2 aliphatic heterocycles. The second-order valence-electron chi connectivity index (χ2n) is 8.99. The first-order valence-corrected chi connectivity index (χ1v) is 12.6. The van der Waals surface area contributed by atoms with Gasteiger partial charge in [0.15, 0.2) is 0 Å². The Morgan fingerprint density at radius 1 is 1.00 bits per heavy atom. The van der Waals surface area contributed by atoms with Crippen molar-refractivity contribution >= 4 is 22.7 Å². The Balaban J connectivity index is 1.13. The van der Waals surface area contributed by atoms with Crippen molar-refractivity contribution < 1.29 is 5.11 Å². The van der Waals surface area contributed by atoms with Crippen molar-refractivity contribution in [2.45, 2.75) is 25.8 Å². The zero-order chi connectivity index (χ0) is 22.6. The lowest BCUT2D eigenvalue weighted by Gasteiger charge is -2.33. The fourth-order valence-electron chi connectivity index (χ4n) is 4.79. The van der Waals surface area contributed by atoms with Crippen molar-refractivity contribution in [1.82, 2.24) is 14.8 Å². The second-order valence-corrected chi connectivity index (χ2v) is 9.85. The summed E-state index contributed by atoms with van der Waals surface area (Å²) in [6, 6.07) is 20.7. The highest BCUT2D eigenvalue weighted by atomic mass is 32.1. The molecule has 6 heteroatoms. The zero-order valence-electron chi connectivity index (χ0n) is 18.8. The van der Waals surface area contributed by atoms with Crippen LogP contribution in [0, 0.1) is 11.3 Å². The van der Waals surface area contributed by atoms with Crippen molar-refractivity contribution in [2.24, 2.45) is 5.92 Å². The van der Waals surface area contributed by atoms with E-state index in [1.165, 1.54) is 29.7 Å². The number of hydrogen-bond donors (Lipinski definition) is 2. The highest BCUT2D eigenvalue weighted by Gasteiger charge is 2.31. The van der Waals surface area contributed by atoms with Gasteiger partial charge in [-0.25, -0.2) is 4.98 Å². The lowest BCUT2D eigenvalue weighted by Crippen LogP contribution is -2.35. The van der Waals surface area contributed by atoms with E-state index in [1.54, 1.807) is 0 Å². The Morgan fingerprint density at radius 3 is 2.42 bits per heavy atom. The van der Waals surface area contributed by atoms with Gasteiger partial charge in [-0.15, -0.1) is 11.3 Å².